The maximum atomic E-state index is 13.1. The van der Waals surface area contributed by atoms with Gasteiger partial charge in [-0.25, -0.2) is 9.13 Å². The molecule has 0 amide bonds. The lowest BCUT2D eigenvalue weighted by Crippen LogP contribution is -2.30. The fourth-order valence-electron chi connectivity index (χ4n) is 11.2. The number of hydrogen-bond donors (Lipinski definition) is 3. The van der Waals surface area contributed by atoms with Gasteiger partial charge in [0, 0.05) is 25.7 Å². The lowest BCUT2D eigenvalue weighted by atomic mass is 10.0. The van der Waals surface area contributed by atoms with Gasteiger partial charge in [-0.05, 0) is 57.3 Å². The molecular weight excluding hydrogens is 1250 g/mol. The molecule has 0 fully saturated rings. The summed E-state index contributed by atoms with van der Waals surface area (Å²) in [4.78, 5) is 72.7. The van der Waals surface area contributed by atoms with Crippen molar-refractivity contribution in [2.75, 3.05) is 39.6 Å². The Kier molecular flexibility index (Phi) is 66.9. The van der Waals surface area contributed by atoms with Crippen LogP contribution in [0.3, 0.4) is 0 Å². The first-order chi connectivity index (χ1) is 46.0. The molecule has 5 atom stereocenters. The van der Waals surface area contributed by atoms with Crippen molar-refractivity contribution in [2.24, 2.45) is 5.92 Å². The molecule has 0 aliphatic carbocycles. The van der Waals surface area contributed by atoms with Crippen molar-refractivity contribution in [2.45, 2.75) is 393 Å². The van der Waals surface area contributed by atoms with Gasteiger partial charge in [0.05, 0.1) is 26.4 Å². The van der Waals surface area contributed by atoms with E-state index < -0.39 is 97.5 Å². The molecule has 0 saturated heterocycles. The Morgan fingerprint density at radius 1 is 0.326 bits per heavy atom. The molecule has 2 unspecified atom stereocenters. The molecule has 19 heteroatoms. The predicted molar refractivity (Wildman–Crippen MR) is 386 cm³/mol. The molecular formula is C76H144O17P2. The molecule has 0 aromatic rings. The van der Waals surface area contributed by atoms with E-state index in [0.717, 1.165) is 115 Å². The van der Waals surface area contributed by atoms with Crippen molar-refractivity contribution in [1.82, 2.24) is 0 Å². The van der Waals surface area contributed by atoms with Gasteiger partial charge in [-0.1, -0.05) is 322 Å². The summed E-state index contributed by atoms with van der Waals surface area (Å²) < 4.78 is 68.4. The fraction of sp³-hybridized carbons (Fsp3) is 0.895. The lowest BCUT2D eigenvalue weighted by Gasteiger charge is -2.21. The van der Waals surface area contributed by atoms with Crippen LogP contribution in [0.5, 0.6) is 0 Å². The van der Waals surface area contributed by atoms with E-state index in [0.29, 0.717) is 25.7 Å². The van der Waals surface area contributed by atoms with E-state index in [1.54, 1.807) is 0 Å². The Labute approximate surface area is 580 Å². The molecule has 3 N–H and O–H groups in total. The van der Waals surface area contributed by atoms with Gasteiger partial charge >= 0.3 is 39.5 Å². The number of phosphoric ester groups is 2. The minimum absolute atomic E-state index is 0.0851. The molecule has 0 aliphatic rings. The highest BCUT2D eigenvalue weighted by Crippen LogP contribution is 2.45. The number of hydrogen-bond acceptors (Lipinski definition) is 15. The van der Waals surface area contributed by atoms with E-state index in [1.807, 2.05) is 0 Å². The zero-order valence-electron chi connectivity index (χ0n) is 61.3. The van der Waals surface area contributed by atoms with Crippen molar-refractivity contribution in [3.8, 4) is 0 Å². The zero-order chi connectivity index (χ0) is 69.8. The lowest BCUT2D eigenvalue weighted by molar-refractivity contribution is -0.161. The summed E-state index contributed by atoms with van der Waals surface area (Å²) in [5, 5.41) is 10.6. The summed E-state index contributed by atoms with van der Waals surface area (Å²) in [6.45, 7) is 7.22. The summed E-state index contributed by atoms with van der Waals surface area (Å²) in [6.07, 6.45) is 60.4. The summed E-state index contributed by atoms with van der Waals surface area (Å²) in [7, 11) is -9.92. The van der Waals surface area contributed by atoms with Crippen LogP contribution in [0.15, 0.2) is 24.3 Å². The van der Waals surface area contributed by atoms with Crippen LogP contribution in [0.2, 0.25) is 0 Å². The quantitative estimate of drug-likeness (QED) is 0.0169. The maximum Gasteiger partial charge on any atom is 0.472 e. The predicted octanol–water partition coefficient (Wildman–Crippen LogP) is 22.0. The Bertz CT molecular complexity index is 1920. The molecule has 0 aliphatic heterocycles. The molecule has 0 aromatic carbocycles. The van der Waals surface area contributed by atoms with Gasteiger partial charge < -0.3 is 33.8 Å². The minimum atomic E-state index is -4.96. The smallest absolute Gasteiger partial charge is 0.462 e. The number of carbonyl (C=O) groups excluding carboxylic acids is 4. The Hall–Kier alpha value is -2.46. The second kappa shape index (κ2) is 68.7. The largest absolute Gasteiger partial charge is 0.472 e. The van der Waals surface area contributed by atoms with Gasteiger partial charge in [0.25, 0.3) is 0 Å². The van der Waals surface area contributed by atoms with Gasteiger partial charge in [-0.2, -0.15) is 0 Å². The Morgan fingerprint density at radius 3 is 0.863 bits per heavy atom. The van der Waals surface area contributed by atoms with Crippen LogP contribution in [0, 0.1) is 5.92 Å². The number of aliphatic hydroxyl groups is 1. The Morgan fingerprint density at radius 2 is 0.568 bits per heavy atom. The van der Waals surface area contributed by atoms with E-state index >= 15 is 0 Å². The summed E-state index contributed by atoms with van der Waals surface area (Å²) in [5.41, 5.74) is 0. The third-order valence-electron chi connectivity index (χ3n) is 17.2. The molecule has 0 aromatic heterocycles. The third kappa shape index (κ3) is 69.8. The van der Waals surface area contributed by atoms with Crippen molar-refractivity contribution in [3.63, 3.8) is 0 Å². The van der Waals surface area contributed by atoms with Gasteiger partial charge in [0.1, 0.15) is 19.3 Å². The first-order valence-electron chi connectivity index (χ1n) is 39.0. The zero-order valence-corrected chi connectivity index (χ0v) is 63.1. The number of unbranched alkanes of at least 4 members (excludes halogenated alkanes) is 43. The van der Waals surface area contributed by atoms with Gasteiger partial charge in [0.2, 0.25) is 0 Å². The average Bonchev–Trinajstić information content (AvgIpc) is 2.50. The molecule has 0 bridgehead atoms. The number of allylic oxidation sites excluding steroid dienone is 4. The Balaban J connectivity index is 5.25. The highest BCUT2D eigenvalue weighted by molar-refractivity contribution is 7.47. The van der Waals surface area contributed by atoms with Crippen LogP contribution >= 0.6 is 15.6 Å². The van der Waals surface area contributed by atoms with E-state index in [2.05, 4.69) is 58.9 Å². The van der Waals surface area contributed by atoms with E-state index in [1.165, 1.54) is 180 Å². The van der Waals surface area contributed by atoms with Gasteiger partial charge in [-0.15, -0.1) is 0 Å². The summed E-state index contributed by atoms with van der Waals surface area (Å²) >= 11 is 0. The molecule has 0 saturated carbocycles. The summed E-state index contributed by atoms with van der Waals surface area (Å²) in [5.74, 6) is -1.36. The monoisotopic (exact) mass is 1390 g/mol. The molecule has 95 heavy (non-hydrogen) atoms. The SMILES string of the molecule is CCCCCC/C=C\C=C/CCCCCCCC(=O)O[C@H](COC(=O)CCCCCCCCCC)COP(=O)(O)OC[C@H](O)COP(=O)(O)OC[C@@H](COC(=O)CCCCCCCCCCCCCCCCCC)OC(=O)CCCCCCCCCCCCCCCC(C)C. The first-order valence-corrected chi connectivity index (χ1v) is 41.9. The number of aliphatic hydroxyl groups excluding tert-OH is 1. The topological polar surface area (TPSA) is 237 Å². The maximum absolute atomic E-state index is 13.1. The van der Waals surface area contributed by atoms with E-state index in [-0.39, 0.29) is 25.7 Å². The number of phosphoric acid groups is 2. The van der Waals surface area contributed by atoms with Crippen molar-refractivity contribution >= 4 is 39.5 Å². The van der Waals surface area contributed by atoms with Gasteiger partial charge in [0.15, 0.2) is 12.2 Å². The molecule has 0 spiro atoms. The number of carbonyl (C=O) groups is 4. The van der Waals surface area contributed by atoms with Crippen molar-refractivity contribution < 1.29 is 80.2 Å². The molecule has 0 heterocycles. The molecule has 560 valence electrons. The number of ether oxygens (including phenoxy) is 4. The van der Waals surface area contributed by atoms with Crippen LogP contribution in [-0.2, 0) is 65.4 Å². The van der Waals surface area contributed by atoms with Crippen LogP contribution < -0.4 is 0 Å². The van der Waals surface area contributed by atoms with Crippen LogP contribution in [0.1, 0.15) is 375 Å². The summed E-state index contributed by atoms with van der Waals surface area (Å²) in [6, 6.07) is 0. The van der Waals surface area contributed by atoms with Crippen molar-refractivity contribution in [3.05, 3.63) is 24.3 Å². The molecule has 0 radical (unpaired) electrons. The molecule has 17 nitrogen and oxygen atoms in total. The number of esters is 4. The highest BCUT2D eigenvalue weighted by atomic mass is 31.2. The minimum Gasteiger partial charge on any atom is -0.462 e. The highest BCUT2D eigenvalue weighted by Gasteiger charge is 2.30. The van der Waals surface area contributed by atoms with E-state index in [9.17, 15) is 43.2 Å². The fourth-order valence-corrected chi connectivity index (χ4v) is 12.7. The van der Waals surface area contributed by atoms with Crippen LogP contribution in [-0.4, -0.2) is 96.7 Å². The molecule has 0 rings (SSSR count). The normalized spacial score (nSPS) is 14.1. The van der Waals surface area contributed by atoms with Crippen molar-refractivity contribution in [1.29, 1.82) is 0 Å². The average molecular weight is 1390 g/mol. The second-order valence-corrected chi connectivity index (χ2v) is 30.1. The number of rotatable bonds is 74. The van der Waals surface area contributed by atoms with Crippen LogP contribution in [0.4, 0.5) is 0 Å². The van der Waals surface area contributed by atoms with Crippen LogP contribution in [0.25, 0.3) is 0 Å². The standard InChI is InChI=1S/C76H144O17P2/c1-6-9-12-15-18-21-23-25-27-29-32-36-40-45-50-55-60-74(79)87-66-72(93-76(81)62-57-52-47-42-38-34-30-31-35-39-43-48-53-58-69(4)5)68-91-95(84,85)89-64-70(77)63-88-94(82,83)90-67-71(65-86-73(78)59-54-49-44-20-17-14-11-8-3)92-75(80)61-56-51-46-41-37-33-28-26-24-22-19-16-13-10-7-2/h22,24,26,28,69-72,77H,6-21,23,25,27,29-68H2,1-5H3,(H,82,83)(H,84,85)/b24-22-,28-26-/t70-,71+,72+/m0/s1. The first kappa shape index (κ1) is 92.5. The third-order valence-corrected chi connectivity index (χ3v) is 19.1. The second-order valence-electron chi connectivity index (χ2n) is 27.2. The van der Waals surface area contributed by atoms with E-state index in [4.69, 9.17) is 37.0 Å². The van der Waals surface area contributed by atoms with Gasteiger partial charge in [-0.3, -0.25) is 37.3 Å².